The van der Waals surface area contributed by atoms with Crippen LogP contribution in [-0.2, 0) is 17.1 Å². The van der Waals surface area contributed by atoms with Crippen molar-refractivity contribution in [3.63, 3.8) is 0 Å². The van der Waals surface area contributed by atoms with Gasteiger partial charge in [-0.05, 0) is 23.8 Å². The second kappa shape index (κ2) is 10.4. The molecule has 1 amide bonds. The molecule has 1 heterocycles. The average Bonchev–Trinajstić information content (AvgIpc) is 2.70. The van der Waals surface area contributed by atoms with Crippen LogP contribution in [0, 0.1) is 0 Å². The fraction of sp³-hybridized carbons (Fsp3) is 0.150. The molecule has 2 N–H and O–H groups in total. The third kappa shape index (κ3) is 6.44. The standard InChI is InChI=1S/C20H18ClN3O2S2/c21-17-9-5-4-6-14(17)11-22-19(26)13-28-20-23-15(10-18(25)24-20)12-27-16-7-2-1-3-8-16/h1-10H,11-13H2,(H,22,26)(H,23,24,25). The Labute approximate surface area is 176 Å². The van der Waals surface area contributed by atoms with Crippen molar-refractivity contribution in [3.8, 4) is 0 Å². The third-order valence-electron chi connectivity index (χ3n) is 3.68. The molecule has 0 radical (unpaired) electrons. The first kappa shape index (κ1) is 20.5. The summed E-state index contributed by atoms with van der Waals surface area (Å²) in [6, 6.07) is 18.8. The van der Waals surface area contributed by atoms with E-state index in [1.807, 2.05) is 48.5 Å². The Morgan fingerprint density at radius 3 is 2.61 bits per heavy atom. The van der Waals surface area contributed by atoms with Gasteiger partial charge in [-0.25, -0.2) is 4.98 Å². The first-order valence-corrected chi connectivity index (χ1v) is 10.9. The van der Waals surface area contributed by atoms with Gasteiger partial charge in [0, 0.05) is 28.3 Å². The van der Waals surface area contributed by atoms with Gasteiger partial charge in [0.2, 0.25) is 5.91 Å². The molecule has 2 aromatic carbocycles. The molecule has 0 atom stereocenters. The Hall–Kier alpha value is -2.22. The Bertz CT molecular complexity index is 996. The van der Waals surface area contributed by atoms with Gasteiger partial charge in [0.1, 0.15) is 0 Å². The summed E-state index contributed by atoms with van der Waals surface area (Å²) < 4.78 is 0. The molecule has 0 aliphatic heterocycles. The molecule has 3 aromatic rings. The molecule has 0 fully saturated rings. The van der Waals surface area contributed by atoms with Crippen molar-refractivity contribution in [2.75, 3.05) is 5.75 Å². The summed E-state index contributed by atoms with van der Waals surface area (Å²) in [5, 5.41) is 3.87. The Morgan fingerprint density at radius 1 is 1.07 bits per heavy atom. The number of carbonyl (C=O) groups excluding carboxylic acids is 1. The van der Waals surface area contributed by atoms with Crippen LogP contribution in [0.15, 0.2) is 75.5 Å². The SMILES string of the molecule is O=C(CSc1nc(CSc2ccccc2)cc(=O)[nH]1)NCc1ccccc1Cl. The van der Waals surface area contributed by atoms with Crippen molar-refractivity contribution in [2.45, 2.75) is 22.3 Å². The lowest BCUT2D eigenvalue weighted by Crippen LogP contribution is -2.25. The average molecular weight is 432 g/mol. The van der Waals surface area contributed by atoms with Crippen molar-refractivity contribution in [1.82, 2.24) is 15.3 Å². The Kier molecular flexibility index (Phi) is 7.59. The third-order valence-corrected chi connectivity index (χ3v) is 5.96. The van der Waals surface area contributed by atoms with Gasteiger partial charge in [-0.1, -0.05) is 59.8 Å². The molecular formula is C20H18ClN3O2S2. The van der Waals surface area contributed by atoms with Crippen LogP contribution < -0.4 is 10.9 Å². The fourth-order valence-electron chi connectivity index (χ4n) is 2.32. The van der Waals surface area contributed by atoms with E-state index in [0.717, 1.165) is 10.5 Å². The maximum Gasteiger partial charge on any atom is 0.251 e. The largest absolute Gasteiger partial charge is 0.351 e. The highest BCUT2D eigenvalue weighted by Gasteiger charge is 2.08. The van der Waals surface area contributed by atoms with Crippen molar-refractivity contribution in [3.05, 3.63) is 87.3 Å². The van der Waals surface area contributed by atoms with Gasteiger partial charge in [-0.2, -0.15) is 0 Å². The number of hydrogen-bond donors (Lipinski definition) is 2. The predicted octanol–water partition coefficient (Wildman–Crippen LogP) is 4.12. The summed E-state index contributed by atoms with van der Waals surface area (Å²) in [6.45, 7) is 0.358. The van der Waals surface area contributed by atoms with Crippen LogP contribution in [0.1, 0.15) is 11.3 Å². The number of amides is 1. The number of nitrogens with zero attached hydrogens (tertiary/aromatic N) is 1. The minimum absolute atomic E-state index is 0.155. The zero-order valence-corrected chi connectivity index (χ0v) is 17.2. The number of aromatic amines is 1. The van der Waals surface area contributed by atoms with Crippen molar-refractivity contribution in [2.24, 2.45) is 0 Å². The molecule has 28 heavy (non-hydrogen) atoms. The molecule has 5 nitrogen and oxygen atoms in total. The zero-order valence-electron chi connectivity index (χ0n) is 14.9. The van der Waals surface area contributed by atoms with Gasteiger partial charge in [-0.3, -0.25) is 9.59 Å². The lowest BCUT2D eigenvalue weighted by atomic mass is 10.2. The quantitative estimate of drug-likeness (QED) is 0.414. The van der Waals surface area contributed by atoms with Gasteiger partial charge in [-0.15, -0.1) is 11.8 Å². The maximum absolute atomic E-state index is 12.1. The number of carbonyl (C=O) groups is 1. The number of benzene rings is 2. The molecule has 1 aromatic heterocycles. The molecule has 0 aliphatic rings. The van der Waals surface area contributed by atoms with Crippen LogP contribution >= 0.6 is 35.1 Å². The van der Waals surface area contributed by atoms with Crippen molar-refractivity contribution in [1.29, 1.82) is 0 Å². The molecule has 0 aliphatic carbocycles. The number of nitrogens with one attached hydrogen (secondary N) is 2. The number of aromatic nitrogens is 2. The topological polar surface area (TPSA) is 74.8 Å². The Morgan fingerprint density at radius 2 is 1.82 bits per heavy atom. The van der Waals surface area contributed by atoms with E-state index in [2.05, 4.69) is 15.3 Å². The highest BCUT2D eigenvalue weighted by molar-refractivity contribution is 7.99. The number of halogens is 1. The summed E-state index contributed by atoms with van der Waals surface area (Å²) >= 11 is 8.88. The minimum atomic E-state index is -0.224. The molecule has 3 rings (SSSR count). The highest BCUT2D eigenvalue weighted by Crippen LogP contribution is 2.21. The second-order valence-electron chi connectivity index (χ2n) is 5.80. The fourth-order valence-corrected chi connectivity index (χ4v) is 4.06. The van der Waals surface area contributed by atoms with E-state index in [1.165, 1.54) is 17.8 Å². The van der Waals surface area contributed by atoms with Gasteiger partial charge in [0.05, 0.1) is 11.4 Å². The van der Waals surface area contributed by atoms with E-state index in [9.17, 15) is 9.59 Å². The van der Waals surface area contributed by atoms with E-state index < -0.39 is 0 Å². The van der Waals surface area contributed by atoms with Gasteiger partial charge >= 0.3 is 0 Å². The van der Waals surface area contributed by atoms with E-state index >= 15 is 0 Å². The van der Waals surface area contributed by atoms with Crippen LogP contribution in [0.25, 0.3) is 0 Å². The molecule has 0 saturated heterocycles. The van der Waals surface area contributed by atoms with Crippen LogP contribution in [0.2, 0.25) is 5.02 Å². The number of thioether (sulfide) groups is 2. The number of H-pyrrole nitrogens is 1. The smallest absolute Gasteiger partial charge is 0.251 e. The first-order chi connectivity index (χ1) is 13.6. The normalized spacial score (nSPS) is 10.6. The lowest BCUT2D eigenvalue weighted by Gasteiger charge is -2.07. The number of hydrogen-bond acceptors (Lipinski definition) is 5. The van der Waals surface area contributed by atoms with Crippen molar-refractivity contribution < 1.29 is 4.79 Å². The van der Waals surface area contributed by atoms with Crippen LogP contribution in [0.5, 0.6) is 0 Å². The van der Waals surface area contributed by atoms with E-state index in [1.54, 1.807) is 17.8 Å². The van der Waals surface area contributed by atoms with Crippen molar-refractivity contribution >= 4 is 41.0 Å². The summed E-state index contributed by atoms with van der Waals surface area (Å²) in [4.78, 5) is 32.2. The van der Waals surface area contributed by atoms with Crippen LogP contribution in [0.4, 0.5) is 0 Å². The summed E-state index contributed by atoms with van der Waals surface area (Å²) in [6.07, 6.45) is 0. The molecule has 0 unspecified atom stereocenters. The molecular weight excluding hydrogens is 414 g/mol. The minimum Gasteiger partial charge on any atom is -0.351 e. The van der Waals surface area contributed by atoms with E-state index in [0.29, 0.717) is 28.2 Å². The summed E-state index contributed by atoms with van der Waals surface area (Å²) in [7, 11) is 0. The molecule has 0 bridgehead atoms. The maximum atomic E-state index is 12.1. The summed E-state index contributed by atoms with van der Waals surface area (Å²) in [5.74, 6) is 0.583. The molecule has 8 heteroatoms. The monoisotopic (exact) mass is 431 g/mol. The molecule has 0 spiro atoms. The van der Waals surface area contributed by atoms with E-state index in [-0.39, 0.29) is 17.2 Å². The first-order valence-electron chi connectivity index (χ1n) is 8.51. The molecule has 144 valence electrons. The van der Waals surface area contributed by atoms with Crippen LogP contribution in [0.3, 0.4) is 0 Å². The predicted molar refractivity (Wildman–Crippen MR) is 115 cm³/mol. The Balaban J connectivity index is 1.52. The summed E-state index contributed by atoms with van der Waals surface area (Å²) in [5.41, 5.74) is 1.31. The lowest BCUT2D eigenvalue weighted by molar-refractivity contribution is -0.118. The van der Waals surface area contributed by atoms with Gasteiger partial charge in [0.25, 0.3) is 5.56 Å². The molecule has 0 saturated carbocycles. The zero-order chi connectivity index (χ0) is 19.8. The van der Waals surface area contributed by atoms with E-state index in [4.69, 9.17) is 11.6 Å². The van der Waals surface area contributed by atoms with Gasteiger partial charge in [0.15, 0.2) is 5.16 Å². The highest BCUT2D eigenvalue weighted by atomic mass is 35.5. The second-order valence-corrected chi connectivity index (χ2v) is 8.22. The number of rotatable bonds is 8. The van der Waals surface area contributed by atoms with Gasteiger partial charge < -0.3 is 10.3 Å². The van der Waals surface area contributed by atoms with Crippen LogP contribution in [-0.4, -0.2) is 21.6 Å².